The molecular formula is C80H84N12O20S8. The Bertz CT molecular complexity index is 8800. The van der Waals surface area contributed by atoms with Crippen LogP contribution in [0.3, 0.4) is 0 Å². The second-order valence-electron chi connectivity index (χ2n) is 23.4. The lowest BCUT2D eigenvalue weighted by molar-refractivity contribution is 0.100. The van der Waals surface area contributed by atoms with Crippen molar-refractivity contribution in [3.05, 3.63) is 225 Å². The number of rotatable bonds is 24. The fraction of sp³-hybridized carbons (Fsp3) is 0.250. The summed E-state index contributed by atoms with van der Waals surface area (Å²) in [4.78, 5) is 99.7. The van der Waals surface area contributed by atoms with Crippen LogP contribution in [0.4, 0.5) is 46.3 Å². The number of hydrogen-bond acceptors (Lipinski definition) is 28. The minimum atomic E-state index is -4.84. The minimum absolute atomic E-state index is 0.0229. The zero-order chi connectivity index (χ0) is 131. The first kappa shape index (κ1) is 44.9. The molecule has 0 radical (unpaired) electrons. The molecule has 12 rings (SSSR count). The van der Waals surface area contributed by atoms with Crippen molar-refractivity contribution >= 4 is 178 Å². The summed E-state index contributed by atoms with van der Waals surface area (Å²) in [6.07, 6.45) is 0. The van der Waals surface area contributed by atoms with Gasteiger partial charge in [-0.25, -0.2) is 52.6 Å². The van der Waals surface area contributed by atoms with E-state index in [2.05, 4.69) is 30.7 Å². The highest BCUT2D eigenvalue weighted by Gasteiger charge is 2.33. The first-order valence-electron chi connectivity index (χ1n) is 56.8. The van der Waals surface area contributed by atoms with Crippen molar-refractivity contribution in [3.8, 4) is 0 Å². The molecule has 120 heavy (non-hydrogen) atoms. The number of Topliss-reactive ketones (excluding diaryl/α,β-unsaturated/α-hetero) is 4. The number of carbonyl (C=O) groups excluding carboxylic acids is 8. The highest BCUT2D eigenvalue weighted by atomic mass is 32.2. The van der Waals surface area contributed by atoms with Crippen LogP contribution in [0.5, 0.6) is 0 Å². The van der Waals surface area contributed by atoms with E-state index >= 15 is 0 Å². The summed E-state index contributed by atoms with van der Waals surface area (Å²) < 4.78 is 519. The van der Waals surface area contributed by atoms with Crippen molar-refractivity contribution in [1.29, 1.82) is 0 Å². The van der Waals surface area contributed by atoms with Crippen LogP contribution in [-0.4, -0.2) is 101 Å². The third-order valence-electron chi connectivity index (χ3n) is 15.2. The van der Waals surface area contributed by atoms with Gasteiger partial charge in [0.25, 0.3) is 63.7 Å². The van der Waals surface area contributed by atoms with Gasteiger partial charge in [0.05, 0.1) is 56.5 Å². The van der Waals surface area contributed by atoms with Crippen molar-refractivity contribution in [2.24, 2.45) is 0 Å². The quantitative estimate of drug-likeness (QED) is 0.0260. The van der Waals surface area contributed by atoms with Crippen molar-refractivity contribution in [1.82, 2.24) is 20.6 Å². The van der Waals surface area contributed by atoms with Crippen molar-refractivity contribution in [2.75, 3.05) is 40.2 Å². The molecule has 0 fully saturated rings. The average Bonchev–Trinajstić information content (AvgIpc) is 0.846. The lowest BCUT2D eigenvalue weighted by atomic mass is 10.0. The molecule has 32 nitrogen and oxygen atoms in total. The molecule has 8 aromatic heterocycles. The molecule has 4 amide bonds. The second-order valence-corrected chi connectivity index (χ2v) is 33.7. The number of hydrogen-bond donors (Lipinski definition) is 8. The number of aryl methyl sites for hydroxylation is 4. The van der Waals surface area contributed by atoms with Gasteiger partial charge in [0.2, 0.25) is 23.5 Å². The highest BCUT2D eigenvalue weighted by Crippen LogP contribution is 2.36. The predicted octanol–water partition coefficient (Wildman–Crippen LogP) is 16.9. The van der Waals surface area contributed by atoms with E-state index in [1.807, 2.05) is 25.4 Å². The maximum atomic E-state index is 13.4. The SMILES string of the molecule is [2H]c1c(C(=O)C([2H])([2H])[2H])c(NC(=O)c2sccc2S(=O)(=O)Nc2onc(C([2H])([2H])[2H])c2C)c(C([2H])([2H])[2H])c([2H])c1C([2H])([2H])[2H].[2H]c1c(C(=O)C([2H])([2H])[2H])c(NC(=O)c2sccc2S(=O)(=O)Nc2onc(C)c2C([2H])([2H])[2H])c(C([2H])([2H])[2H])c([2H])c1C([2H])([2H])[2H].[2H]c1c(C(=O)C([2H])([2H])[2H])c(NC(=O)c2sccc2S(=O)(=O)Nc2onc(C)c2C)c(C([2H])([2H])[2H])c([2H])c1C([2H])([2H])[2H].[2H]c1c(C)c([2H])c(C(=O)C([2H])([2H])[2H])c(NC(=O)c2sccc2S(=O)(=O)Nc2onc(C([2H])([2H])[2H])c2C([2H])([2H])[2H])c1C. The Labute approximate surface area is 778 Å². The number of anilines is 8. The Hall–Kier alpha value is -11.9. The molecule has 12 aromatic rings. The number of nitrogens with one attached hydrogen (secondary N) is 8. The van der Waals surface area contributed by atoms with E-state index < -0.39 is 383 Å². The molecule has 0 atom stereocenters. The highest BCUT2D eigenvalue weighted by molar-refractivity contribution is 7.94. The molecular weight excluding hydrogens is 1710 g/mol. The molecule has 0 saturated carbocycles. The van der Waals surface area contributed by atoms with Crippen LogP contribution in [-0.2, 0) is 40.1 Å². The molecule has 0 aliphatic rings. The van der Waals surface area contributed by atoms with Crippen LogP contribution in [0.2, 0.25) is 0 Å². The van der Waals surface area contributed by atoms with Gasteiger partial charge in [0.1, 0.15) is 39.1 Å². The standard InChI is InChI=1S/4C20H21N3O5S2/c4*1-10-8-11(2)17(15(9-10)14(5)24)21-19(25)18-16(6-7-29-18)30(26,27)23-20-12(3)13(4)22-28-20/h4*6-9,23H,1-5H3,(H,21,25)/i1D3,2D3,4D3,5D3,8D,9D;1D3,2D3,3D3,5D3,8D,9D;3D3,4D3,5D3,8D,9D;1D3,2D3,5D3,8D,9D. The first-order valence-corrected chi connectivity index (χ1v) is 41.2. The first-order chi connectivity index (χ1) is 76.4. The minimum Gasteiger partial charge on any atom is -0.337 e. The summed E-state index contributed by atoms with van der Waals surface area (Å²) in [5.41, 5.74) is -18.9. The summed E-state index contributed by atoms with van der Waals surface area (Å²) in [6, 6.07) is -4.85. The lowest BCUT2D eigenvalue weighted by Gasteiger charge is -2.14. The number of thiophene rings is 4. The zero-order valence-corrected chi connectivity index (χ0v) is 67.4. The molecule has 8 N–H and O–H groups in total. The monoisotopic (exact) mass is 1840 g/mol. The molecule has 0 aliphatic heterocycles. The fourth-order valence-corrected chi connectivity index (χ4v) is 18.8. The van der Waals surface area contributed by atoms with Crippen LogP contribution in [0.15, 0.2) is 132 Å². The van der Waals surface area contributed by atoms with Gasteiger partial charge in [-0.05, 0) is 252 Å². The van der Waals surface area contributed by atoms with E-state index in [1.54, 1.807) is 11.6 Å². The molecule has 0 aliphatic carbocycles. The van der Waals surface area contributed by atoms with Gasteiger partial charge in [0.15, 0.2) is 23.1 Å². The van der Waals surface area contributed by atoms with Crippen LogP contribution in [0.25, 0.3) is 0 Å². The van der Waals surface area contributed by atoms with Gasteiger partial charge in [-0.3, -0.25) is 38.4 Å². The zero-order valence-electron chi connectivity index (χ0n) is 111. The summed E-state index contributed by atoms with van der Waals surface area (Å²) in [6.45, 7) is -37.9. The Kier molecular flexibility index (Phi) is 13.9. The van der Waals surface area contributed by atoms with Crippen LogP contribution in [0.1, 0.15) is 266 Å². The van der Waals surface area contributed by atoms with E-state index in [-0.39, 0.29) is 34.3 Å². The number of nitrogens with zero attached hydrogens (tertiary/aromatic N) is 4. The predicted molar refractivity (Wildman–Crippen MR) is 460 cm³/mol. The van der Waals surface area contributed by atoms with Crippen LogP contribution in [0, 0.1) is 110 Å². The molecule has 4 aromatic carbocycles. The van der Waals surface area contributed by atoms with Crippen molar-refractivity contribution in [2.45, 2.75) is 157 Å². The molecule has 8 heterocycles. The smallest absolute Gasteiger partial charge is 0.267 e. The van der Waals surface area contributed by atoms with Crippen LogP contribution >= 0.6 is 45.3 Å². The van der Waals surface area contributed by atoms with Gasteiger partial charge in [-0.15, -0.1) is 45.3 Å². The molecule has 0 unspecified atom stereocenters. The van der Waals surface area contributed by atoms with E-state index in [0.717, 1.165) is 35.0 Å². The Morgan fingerprint density at radius 2 is 0.567 bits per heavy atom. The number of benzene rings is 4. The number of aromatic nitrogens is 4. The Balaban J connectivity index is 0.000000249. The van der Waals surface area contributed by atoms with Gasteiger partial charge < -0.3 is 39.4 Å². The van der Waals surface area contributed by atoms with Crippen molar-refractivity contribution < 1.29 is 159 Å². The topological polar surface area (TPSA) is 473 Å². The van der Waals surface area contributed by atoms with Gasteiger partial charge in [0, 0.05) is 102 Å². The maximum absolute atomic E-state index is 13.4. The Morgan fingerprint density at radius 1 is 0.317 bits per heavy atom. The Morgan fingerprint density at radius 3 is 0.833 bits per heavy atom. The molecule has 0 spiro atoms. The lowest BCUT2D eigenvalue weighted by Crippen LogP contribution is -2.20. The number of sulfonamides is 4. The van der Waals surface area contributed by atoms with Gasteiger partial charge in [-0.1, -0.05) is 44.8 Å². The normalized spacial score (nSPS) is 18.9. The average molecular weight is 1840 g/mol. The van der Waals surface area contributed by atoms with Crippen LogP contribution < -0.4 is 40.2 Å². The summed E-state index contributed by atoms with van der Waals surface area (Å²) in [5, 5.41) is 26.3. The molecule has 632 valence electrons. The van der Waals surface area contributed by atoms with Gasteiger partial charge in [-0.2, -0.15) is 0 Å². The molecule has 0 saturated heterocycles. The van der Waals surface area contributed by atoms with Gasteiger partial charge >= 0.3 is 0 Å². The number of amides is 4. The largest absolute Gasteiger partial charge is 0.337 e. The molecule has 40 heteroatoms. The third kappa shape index (κ3) is 21.0. The summed E-state index contributed by atoms with van der Waals surface area (Å²) in [7, 11) is -19.0. The number of ketones is 4. The maximum Gasteiger partial charge on any atom is 0.267 e. The second kappa shape index (κ2) is 37.2. The number of carbonyl (C=O) groups is 8. The van der Waals surface area contributed by atoms with E-state index in [1.165, 1.54) is 45.4 Å². The van der Waals surface area contributed by atoms with E-state index in [9.17, 15) is 72.0 Å². The molecule has 0 bridgehead atoms. The van der Waals surface area contributed by atoms with E-state index in [0.29, 0.717) is 56.6 Å². The van der Waals surface area contributed by atoms with Crippen molar-refractivity contribution in [3.63, 3.8) is 0 Å². The van der Waals surface area contributed by atoms with E-state index in [4.69, 9.17) is 86.6 Å². The summed E-state index contributed by atoms with van der Waals surface area (Å²) >= 11 is 2.14. The fourth-order valence-electron chi connectivity index (χ4n) is 9.45. The summed E-state index contributed by atoms with van der Waals surface area (Å²) in [5.74, 6) is -15.2. The third-order valence-corrected chi connectivity index (χ3v) is 24.9.